The third-order valence-corrected chi connectivity index (χ3v) is 4.13. The van der Waals surface area contributed by atoms with E-state index in [2.05, 4.69) is 20.6 Å². The quantitative estimate of drug-likeness (QED) is 0.858. The summed E-state index contributed by atoms with van der Waals surface area (Å²) < 4.78 is 5.23. The highest BCUT2D eigenvalue weighted by Crippen LogP contribution is 2.28. The van der Waals surface area contributed by atoms with Gasteiger partial charge in [-0.15, -0.1) is 0 Å². The highest BCUT2D eigenvalue weighted by molar-refractivity contribution is 5.48. The lowest BCUT2D eigenvalue weighted by atomic mass is 9.85. The number of aromatic nitrogens is 2. The summed E-state index contributed by atoms with van der Waals surface area (Å²) in [6.45, 7) is 3.01. The molecule has 104 valence electrons. The standard InChI is InChI=1S/C14H22N4O/c1-19-14-17-12-6-8-15-7-5-11(12)13(18-14)16-9-10-3-2-4-10/h10,15H,2-9H2,1H3,(H,16,17,18). The van der Waals surface area contributed by atoms with Crippen molar-refractivity contribution in [2.24, 2.45) is 5.92 Å². The van der Waals surface area contributed by atoms with E-state index in [9.17, 15) is 0 Å². The zero-order valence-corrected chi connectivity index (χ0v) is 11.5. The molecule has 2 aliphatic rings. The molecule has 2 heterocycles. The van der Waals surface area contributed by atoms with E-state index in [1.54, 1.807) is 7.11 Å². The van der Waals surface area contributed by atoms with Gasteiger partial charge >= 0.3 is 6.01 Å². The zero-order valence-electron chi connectivity index (χ0n) is 11.5. The van der Waals surface area contributed by atoms with Crippen LogP contribution in [0.4, 0.5) is 5.82 Å². The molecule has 5 nitrogen and oxygen atoms in total. The average Bonchev–Trinajstić information content (AvgIpc) is 2.61. The Labute approximate surface area is 114 Å². The van der Waals surface area contributed by atoms with Gasteiger partial charge in [-0.3, -0.25) is 0 Å². The van der Waals surface area contributed by atoms with Crippen molar-refractivity contribution in [3.8, 4) is 6.01 Å². The first-order valence-corrected chi connectivity index (χ1v) is 7.25. The van der Waals surface area contributed by atoms with Crippen LogP contribution in [0.1, 0.15) is 30.5 Å². The van der Waals surface area contributed by atoms with E-state index in [-0.39, 0.29) is 0 Å². The van der Waals surface area contributed by atoms with Gasteiger partial charge in [0.25, 0.3) is 0 Å². The maximum atomic E-state index is 5.23. The van der Waals surface area contributed by atoms with Gasteiger partial charge in [0.05, 0.1) is 12.8 Å². The minimum absolute atomic E-state index is 0.483. The van der Waals surface area contributed by atoms with Gasteiger partial charge in [-0.2, -0.15) is 9.97 Å². The summed E-state index contributed by atoms with van der Waals surface area (Å²) >= 11 is 0. The van der Waals surface area contributed by atoms with Crippen LogP contribution >= 0.6 is 0 Å². The predicted molar refractivity (Wildman–Crippen MR) is 74.7 cm³/mol. The fourth-order valence-corrected chi connectivity index (χ4v) is 2.70. The third kappa shape index (κ3) is 2.81. The van der Waals surface area contributed by atoms with Gasteiger partial charge < -0.3 is 15.4 Å². The molecule has 0 unspecified atom stereocenters. The maximum absolute atomic E-state index is 5.23. The van der Waals surface area contributed by atoms with Crippen LogP contribution in [0.3, 0.4) is 0 Å². The second-order valence-electron chi connectivity index (χ2n) is 5.41. The van der Waals surface area contributed by atoms with Crippen molar-refractivity contribution in [2.75, 3.05) is 32.1 Å². The molecule has 3 rings (SSSR count). The molecule has 1 aromatic heterocycles. The summed E-state index contributed by atoms with van der Waals surface area (Å²) in [6.07, 6.45) is 6.01. The van der Waals surface area contributed by atoms with E-state index >= 15 is 0 Å². The number of nitrogens with one attached hydrogen (secondary N) is 2. The van der Waals surface area contributed by atoms with Crippen LogP contribution in [0.15, 0.2) is 0 Å². The highest BCUT2D eigenvalue weighted by Gasteiger charge is 2.20. The first-order valence-electron chi connectivity index (χ1n) is 7.25. The van der Waals surface area contributed by atoms with Gasteiger partial charge in [0.1, 0.15) is 5.82 Å². The Morgan fingerprint density at radius 2 is 2.11 bits per heavy atom. The maximum Gasteiger partial charge on any atom is 0.318 e. The molecular formula is C14H22N4O. The Morgan fingerprint density at radius 3 is 2.84 bits per heavy atom. The number of fused-ring (bicyclic) bond motifs is 1. The van der Waals surface area contributed by atoms with Crippen LogP contribution in [0.25, 0.3) is 0 Å². The molecule has 1 fully saturated rings. The van der Waals surface area contributed by atoms with Crippen molar-refractivity contribution in [1.29, 1.82) is 0 Å². The van der Waals surface area contributed by atoms with Crippen LogP contribution < -0.4 is 15.4 Å². The summed E-state index contributed by atoms with van der Waals surface area (Å²) in [7, 11) is 1.63. The normalized spacial score (nSPS) is 19.2. The summed E-state index contributed by atoms with van der Waals surface area (Å²) in [4.78, 5) is 9.00. The Balaban J connectivity index is 1.82. The Morgan fingerprint density at radius 1 is 1.26 bits per heavy atom. The number of hydrogen-bond acceptors (Lipinski definition) is 5. The van der Waals surface area contributed by atoms with Crippen molar-refractivity contribution >= 4 is 5.82 Å². The van der Waals surface area contributed by atoms with Gasteiger partial charge in [-0.25, -0.2) is 0 Å². The third-order valence-electron chi connectivity index (χ3n) is 4.13. The number of hydrogen-bond donors (Lipinski definition) is 2. The Kier molecular flexibility index (Phi) is 3.82. The number of anilines is 1. The molecule has 5 heteroatoms. The van der Waals surface area contributed by atoms with E-state index in [0.29, 0.717) is 6.01 Å². The first-order chi connectivity index (χ1) is 9.36. The van der Waals surface area contributed by atoms with Crippen molar-refractivity contribution in [3.05, 3.63) is 11.3 Å². The molecule has 0 spiro atoms. The first kappa shape index (κ1) is 12.7. The van der Waals surface area contributed by atoms with E-state index in [1.807, 2.05) is 0 Å². The van der Waals surface area contributed by atoms with Gasteiger partial charge in [-0.05, 0) is 31.7 Å². The summed E-state index contributed by atoms with van der Waals surface area (Å²) in [5, 5.41) is 6.93. The molecule has 0 radical (unpaired) electrons. The van der Waals surface area contributed by atoms with Gasteiger partial charge in [0.15, 0.2) is 0 Å². The fraction of sp³-hybridized carbons (Fsp3) is 0.714. The number of ether oxygens (including phenoxy) is 1. The molecule has 0 atom stereocenters. The Bertz CT molecular complexity index is 445. The molecule has 19 heavy (non-hydrogen) atoms. The largest absolute Gasteiger partial charge is 0.467 e. The van der Waals surface area contributed by atoms with Crippen LogP contribution in [0.2, 0.25) is 0 Å². The van der Waals surface area contributed by atoms with Crippen LogP contribution in [0.5, 0.6) is 6.01 Å². The molecule has 0 bridgehead atoms. The van der Waals surface area contributed by atoms with E-state index in [4.69, 9.17) is 4.74 Å². The smallest absolute Gasteiger partial charge is 0.318 e. The molecule has 0 aromatic carbocycles. The van der Waals surface area contributed by atoms with Crippen molar-refractivity contribution in [1.82, 2.24) is 15.3 Å². The fourth-order valence-electron chi connectivity index (χ4n) is 2.70. The lowest BCUT2D eigenvalue weighted by Crippen LogP contribution is -2.22. The minimum Gasteiger partial charge on any atom is -0.467 e. The number of rotatable bonds is 4. The molecular weight excluding hydrogens is 240 g/mol. The van der Waals surface area contributed by atoms with Crippen molar-refractivity contribution in [2.45, 2.75) is 32.1 Å². The van der Waals surface area contributed by atoms with E-state index < -0.39 is 0 Å². The summed E-state index contributed by atoms with van der Waals surface area (Å²) in [5.74, 6) is 1.80. The molecule has 1 aromatic rings. The zero-order chi connectivity index (χ0) is 13.1. The molecule has 2 N–H and O–H groups in total. The average molecular weight is 262 g/mol. The topological polar surface area (TPSA) is 59.1 Å². The number of methoxy groups -OCH3 is 1. The molecule has 0 saturated heterocycles. The van der Waals surface area contributed by atoms with Crippen LogP contribution in [-0.2, 0) is 12.8 Å². The molecule has 1 aliphatic heterocycles. The SMILES string of the molecule is COc1nc2c(c(NCC3CCC3)n1)CCNCC2. The minimum atomic E-state index is 0.483. The van der Waals surface area contributed by atoms with E-state index in [0.717, 1.165) is 49.9 Å². The summed E-state index contributed by atoms with van der Waals surface area (Å²) in [5.41, 5.74) is 2.40. The lowest BCUT2D eigenvalue weighted by molar-refractivity contribution is 0.332. The highest BCUT2D eigenvalue weighted by atomic mass is 16.5. The van der Waals surface area contributed by atoms with Gasteiger partial charge in [0.2, 0.25) is 0 Å². The van der Waals surface area contributed by atoms with Crippen molar-refractivity contribution < 1.29 is 4.74 Å². The Hall–Kier alpha value is -1.36. The summed E-state index contributed by atoms with van der Waals surface area (Å²) in [6, 6.07) is 0.483. The van der Waals surface area contributed by atoms with Crippen LogP contribution in [0, 0.1) is 5.92 Å². The molecule has 0 amide bonds. The van der Waals surface area contributed by atoms with Crippen LogP contribution in [-0.4, -0.2) is 36.7 Å². The van der Waals surface area contributed by atoms with Gasteiger partial charge in [0, 0.05) is 25.1 Å². The monoisotopic (exact) mass is 262 g/mol. The van der Waals surface area contributed by atoms with Crippen molar-refractivity contribution in [3.63, 3.8) is 0 Å². The lowest BCUT2D eigenvalue weighted by Gasteiger charge is -2.26. The second kappa shape index (κ2) is 5.74. The van der Waals surface area contributed by atoms with E-state index in [1.165, 1.54) is 24.8 Å². The predicted octanol–water partition coefficient (Wildman–Crippen LogP) is 1.39. The second-order valence-corrected chi connectivity index (χ2v) is 5.41. The van der Waals surface area contributed by atoms with Gasteiger partial charge in [-0.1, -0.05) is 6.42 Å². The number of nitrogens with zero attached hydrogens (tertiary/aromatic N) is 2. The molecule has 1 saturated carbocycles. The molecule has 1 aliphatic carbocycles.